The van der Waals surface area contributed by atoms with Crippen molar-refractivity contribution in [1.29, 1.82) is 0 Å². The second-order valence-corrected chi connectivity index (χ2v) is 15.3. The molecule has 0 aromatic rings. The fourth-order valence-electron chi connectivity index (χ4n) is 6.09. The van der Waals surface area contributed by atoms with Crippen LogP contribution in [0.15, 0.2) is 97.2 Å². The third-order valence-electron chi connectivity index (χ3n) is 9.62. The van der Waals surface area contributed by atoms with Crippen LogP contribution in [0.1, 0.15) is 201 Å². The summed E-state index contributed by atoms with van der Waals surface area (Å²) in [5.74, 6) is -0.516. The van der Waals surface area contributed by atoms with Gasteiger partial charge in [0, 0.05) is 19.4 Å². The van der Waals surface area contributed by atoms with Gasteiger partial charge in [-0.25, -0.2) is 0 Å². The minimum atomic E-state index is -0.570. The topological polar surface area (TPSA) is 61.8 Å². The third-order valence-corrected chi connectivity index (χ3v) is 9.62. The van der Waals surface area contributed by atoms with Crippen molar-refractivity contribution < 1.29 is 23.8 Å². The van der Waals surface area contributed by atoms with E-state index in [1.165, 1.54) is 83.5 Å². The summed E-state index contributed by atoms with van der Waals surface area (Å²) in [4.78, 5) is 25.0. The third kappa shape index (κ3) is 45.5. The Morgan fingerprint density at radius 3 is 1.34 bits per heavy atom. The molecule has 0 aliphatic carbocycles. The molecular weight excluding hydrogens is 717 g/mol. The van der Waals surface area contributed by atoms with Crippen LogP contribution in [0.2, 0.25) is 0 Å². The lowest BCUT2D eigenvalue weighted by Crippen LogP contribution is -2.30. The van der Waals surface area contributed by atoms with Crippen LogP contribution in [0.25, 0.3) is 0 Å². The standard InChI is InChI=1S/C53H88O5/c1-4-7-10-13-15-17-19-21-23-25-27-28-30-32-34-36-38-41-43-46-52(54)57-50-51(58-53(55)47-44-40-12-9-6-3)49-56-48-45-42-39-37-35-33-31-29-26-24-22-20-18-16-14-11-8-5-2/h7,10,15-18,21-24,27-28,32,34,38,41,51H,4-6,8-9,11-14,19-20,25-26,29-31,33,35-37,39-40,42-50H2,1-3H3/b10-7-,17-15-,18-16-,23-21-,24-22-,28-27-,34-32-,41-38-. The van der Waals surface area contributed by atoms with Crippen LogP contribution in [-0.2, 0) is 23.8 Å². The van der Waals surface area contributed by atoms with Crippen LogP contribution in [0.4, 0.5) is 0 Å². The van der Waals surface area contributed by atoms with Crippen molar-refractivity contribution in [3.63, 3.8) is 0 Å². The summed E-state index contributed by atoms with van der Waals surface area (Å²) in [6.45, 7) is 7.51. The van der Waals surface area contributed by atoms with Gasteiger partial charge in [-0.1, -0.05) is 195 Å². The van der Waals surface area contributed by atoms with E-state index < -0.39 is 6.10 Å². The van der Waals surface area contributed by atoms with E-state index in [-0.39, 0.29) is 25.2 Å². The van der Waals surface area contributed by atoms with Crippen LogP contribution in [0, 0.1) is 0 Å². The highest BCUT2D eigenvalue weighted by Crippen LogP contribution is 2.12. The molecule has 0 heterocycles. The molecule has 0 aromatic carbocycles. The maximum atomic E-state index is 12.6. The van der Waals surface area contributed by atoms with Crippen molar-refractivity contribution in [2.24, 2.45) is 0 Å². The lowest BCUT2D eigenvalue weighted by molar-refractivity contribution is -0.162. The van der Waals surface area contributed by atoms with Crippen LogP contribution in [0.3, 0.4) is 0 Å². The summed E-state index contributed by atoms with van der Waals surface area (Å²) in [7, 11) is 0. The first kappa shape index (κ1) is 54.8. The first-order chi connectivity index (χ1) is 28.6. The van der Waals surface area contributed by atoms with E-state index in [4.69, 9.17) is 14.2 Å². The van der Waals surface area contributed by atoms with Crippen LogP contribution < -0.4 is 0 Å². The van der Waals surface area contributed by atoms with Crippen LogP contribution >= 0.6 is 0 Å². The molecule has 5 nitrogen and oxygen atoms in total. The number of hydrogen-bond acceptors (Lipinski definition) is 5. The molecule has 5 heteroatoms. The first-order valence-electron chi connectivity index (χ1n) is 23.8. The molecule has 0 bridgehead atoms. The Labute approximate surface area is 358 Å². The summed E-state index contributed by atoms with van der Waals surface area (Å²) >= 11 is 0. The normalized spacial score (nSPS) is 13.1. The Kier molecular flexibility index (Phi) is 45.5. The Bertz CT molecular complexity index is 1140. The lowest BCUT2D eigenvalue weighted by atomic mass is 10.1. The van der Waals surface area contributed by atoms with Gasteiger partial charge < -0.3 is 14.2 Å². The maximum absolute atomic E-state index is 12.6. The van der Waals surface area contributed by atoms with E-state index in [1.54, 1.807) is 0 Å². The number of hydrogen-bond donors (Lipinski definition) is 0. The molecule has 0 rings (SSSR count). The minimum Gasteiger partial charge on any atom is -0.462 e. The molecule has 1 atom stereocenters. The van der Waals surface area contributed by atoms with Gasteiger partial charge in [-0.15, -0.1) is 0 Å². The van der Waals surface area contributed by atoms with Gasteiger partial charge >= 0.3 is 11.9 Å². The summed E-state index contributed by atoms with van der Waals surface area (Å²) in [6.07, 6.45) is 64.5. The monoisotopic (exact) mass is 805 g/mol. The molecular formula is C53H88O5. The largest absolute Gasteiger partial charge is 0.462 e. The molecule has 0 amide bonds. The molecule has 0 saturated heterocycles. The molecule has 0 N–H and O–H groups in total. The van der Waals surface area contributed by atoms with Crippen molar-refractivity contribution in [3.8, 4) is 0 Å². The van der Waals surface area contributed by atoms with E-state index in [2.05, 4.69) is 112 Å². The highest BCUT2D eigenvalue weighted by molar-refractivity contribution is 5.70. The summed E-state index contributed by atoms with van der Waals surface area (Å²) in [5.41, 5.74) is 0. The van der Waals surface area contributed by atoms with Gasteiger partial charge in [0.2, 0.25) is 0 Å². The Morgan fingerprint density at radius 1 is 0.397 bits per heavy atom. The van der Waals surface area contributed by atoms with Gasteiger partial charge in [-0.05, 0) is 89.9 Å². The summed E-state index contributed by atoms with van der Waals surface area (Å²) in [5, 5.41) is 0. The summed E-state index contributed by atoms with van der Waals surface area (Å²) < 4.78 is 17.1. The van der Waals surface area contributed by atoms with Gasteiger partial charge in [-0.3, -0.25) is 9.59 Å². The smallest absolute Gasteiger partial charge is 0.306 e. The van der Waals surface area contributed by atoms with Gasteiger partial charge in [0.25, 0.3) is 0 Å². The zero-order valence-corrected chi connectivity index (χ0v) is 37.8. The van der Waals surface area contributed by atoms with Gasteiger partial charge in [0.05, 0.1) is 6.61 Å². The zero-order chi connectivity index (χ0) is 42.1. The highest BCUT2D eigenvalue weighted by Gasteiger charge is 2.17. The molecule has 58 heavy (non-hydrogen) atoms. The number of esters is 2. The van der Waals surface area contributed by atoms with Crippen molar-refractivity contribution in [1.82, 2.24) is 0 Å². The van der Waals surface area contributed by atoms with E-state index in [9.17, 15) is 9.59 Å². The number of unbranched alkanes of at least 4 members (excludes halogenated alkanes) is 15. The van der Waals surface area contributed by atoms with Crippen molar-refractivity contribution in [2.75, 3.05) is 19.8 Å². The molecule has 1 unspecified atom stereocenters. The number of ether oxygens (including phenoxy) is 3. The van der Waals surface area contributed by atoms with E-state index >= 15 is 0 Å². The molecule has 0 radical (unpaired) electrons. The number of rotatable bonds is 42. The van der Waals surface area contributed by atoms with Crippen molar-refractivity contribution in [2.45, 2.75) is 207 Å². The average Bonchev–Trinajstić information content (AvgIpc) is 3.22. The van der Waals surface area contributed by atoms with Crippen LogP contribution in [0.5, 0.6) is 0 Å². The van der Waals surface area contributed by atoms with E-state index in [0.717, 1.165) is 77.0 Å². The quantitative estimate of drug-likeness (QED) is 0.0349. The number of carbonyl (C=O) groups excluding carboxylic acids is 2. The number of allylic oxidation sites excluding steroid dienone is 16. The van der Waals surface area contributed by atoms with Crippen LogP contribution in [-0.4, -0.2) is 37.9 Å². The molecule has 330 valence electrons. The van der Waals surface area contributed by atoms with Gasteiger partial charge in [-0.2, -0.15) is 0 Å². The fourth-order valence-corrected chi connectivity index (χ4v) is 6.09. The van der Waals surface area contributed by atoms with Crippen molar-refractivity contribution in [3.05, 3.63) is 97.2 Å². The van der Waals surface area contributed by atoms with E-state index in [1.807, 2.05) is 6.08 Å². The van der Waals surface area contributed by atoms with E-state index in [0.29, 0.717) is 25.9 Å². The maximum Gasteiger partial charge on any atom is 0.306 e. The Hall–Kier alpha value is -3.18. The number of carbonyl (C=O) groups is 2. The SMILES string of the molecule is CC/C=C\C/C=C\C/C=C\C/C=C\C/C=C\C/C=C\CCC(=O)OCC(COCCCCCCCCCC/C=C\C/C=C\CCCCC)OC(=O)CCCCCCC. The Morgan fingerprint density at radius 2 is 0.810 bits per heavy atom. The molecule has 0 saturated carbocycles. The van der Waals surface area contributed by atoms with Crippen molar-refractivity contribution >= 4 is 11.9 Å². The molecule has 0 aliphatic rings. The van der Waals surface area contributed by atoms with Gasteiger partial charge in [0.15, 0.2) is 6.10 Å². The minimum absolute atomic E-state index is 0.0378. The highest BCUT2D eigenvalue weighted by atomic mass is 16.6. The molecule has 0 fully saturated rings. The predicted octanol–water partition coefficient (Wildman–Crippen LogP) is 15.9. The fraction of sp³-hybridized carbons (Fsp3) is 0.660. The molecule has 0 aliphatic heterocycles. The predicted molar refractivity (Wildman–Crippen MR) is 251 cm³/mol. The first-order valence-corrected chi connectivity index (χ1v) is 23.8. The molecule has 0 aromatic heterocycles. The summed E-state index contributed by atoms with van der Waals surface area (Å²) in [6, 6.07) is 0. The zero-order valence-electron chi connectivity index (χ0n) is 37.8. The average molecular weight is 805 g/mol. The van der Waals surface area contributed by atoms with Gasteiger partial charge in [0.1, 0.15) is 6.61 Å². The second kappa shape index (κ2) is 48.2. The lowest BCUT2D eigenvalue weighted by Gasteiger charge is -2.18. The molecule has 0 spiro atoms. The second-order valence-electron chi connectivity index (χ2n) is 15.3. The Balaban J connectivity index is 4.19.